The lowest BCUT2D eigenvalue weighted by molar-refractivity contribution is -0.108. The quantitative estimate of drug-likeness (QED) is 0.796. The van der Waals surface area contributed by atoms with Crippen LogP contribution in [0.15, 0.2) is 36.5 Å². The minimum absolute atomic E-state index is 0.505. The third kappa shape index (κ3) is 2.67. The molecule has 0 radical (unpaired) electrons. The maximum atomic E-state index is 6.12. The SMILES string of the molecule is COC(OC)c1ccnc(-c2ccccc2Cl)n1. The standard InChI is InChI=1S/C13H13ClN2O2/c1-17-13(18-2)11-7-8-15-12(16-11)9-5-3-4-6-10(9)14/h3-8,13H,1-2H3. The molecule has 0 amide bonds. The van der Waals surface area contributed by atoms with Crippen LogP contribution in [0.1, 0.15) is 12.0 Å². The molecule has 0 saturated carbocycles. The van der Waals surface area contributed by atoms with Gasteiger partial charge in [-0.2, -0.15) is 0 Å². The molecule has 94 valence electrons. The first kappa shape index (κ1) is 13.0. The van der Waals surface area contributed by atoms with Gasteiger partial charge in [0, 0.05) is 26.0 Å². The highest BCUT2D eigenvalue weighted by atomic mass is 35.5. The normalized spacial score (nSPS) is 10.9. The lowest BCUT2D eigenvalue weighted by Crippen LogP contribution is -2.07. The van der Waals surface area contributed by atoms with Crippen molar-refractivity contribution in [1.82, 2.24) is 9.97 Å². The van der Waals surface area contributed by atoms with Crippen molar-refractivity contribution < 1.29 is 9.47 Å². The fourth-order valence-corrected chi connectivity index (χ4v) is 1.83. The summed E-state index contributed by atoms with van der Waals surface area (Å²) in [4.78, 5) is 8.62. The third-order valence-electron chi connectivity index (χ3n) is 2.46. The molecule has 0 aliphatic heterocycles. The third-order valence-corrected chi connectivity index (χ3v) is 2.79. The Morgan fingerprint density at radius 3 is 2.50 bits per heavy atom. The predicted octanol–water partition coefficient (Wildman–Crippen LogP) is 3.09. The van der Waals surface area contributed by atoms with Crippen LogP contribution in [0.25, 0.3) is 11.4 Å². The Morgan fingerprint density at radius 1 is 1.11 bits per heavy atom. The molecule has 0 unspecified atom stereocenters. The highest BCUT2D eigenvalue weighted by Gasteiger charge is 2.13. The minimum Gasteiger partial charge on any atom is -0.350 e. The van der Waals surface area contributed by atoms with E-state index in [1.807, 2.05) is 18.2 Å². The van der Waals surface area contributed by atoms with Gasteiger partial charge in [0.1, 0.15) is 5.69 Å². The Hall–Kier alpha value is -1.49. The Morgan fingerprint density at radius 2 is 1.83 bits per heavy atom. The van der Waals surface area contributed by atoms with Gasteiger partial charge < -0.3 is 9.47 Å². The Balaban J connectivity index is 2.42. The van der Waals surface area contributed by atoms with E-state index >= 15 is 0 Å². The van der Waals surface area contributed by atoms with Gasteiger partial charge in [-0.25, -0.2) is 9.97 Å². The van der Waals surface area contributed by atoms with E-state index < -0.39 is 6.29 Å². The smallest absolute Gasteiger partial charge is 0.200 e. The van der Waals surface area contributed by atoms with Crippen molar-refractivity contribution in [2.24, 2.45) is 0 Å². The monoisotopic (exact) mass is 264 g/mol. The number of hydrogen-bond donors (Lipinski definition) is 0. The number of hydrogen-bond acceptors (Lipinski definition) is 4. The van der Waals surface area contributed by atoms with E-state index in [2.05, 4.69) is 9.97 Å². The second-order valence-corrected chi connectivity index (χ2v) is 4.00. The van der Waals surface area contributed by atoms with Crippen LogP contribution in [-0.2, 0) is 9.47 Å². The van der Waals surface area contributed by atoms with E-state index in [1.165, 1.54) is 0 Å². The van der Waals surface area contributed by atoms with Gasteiger partial charge in [-0.05, 0) is 18.2 Å². The van der Waals surface area contributed by atoms with E-state index in [-0.39, 0.29) is 0 Å². The van der Waals surface area contributed by atoms with Gasteiger partial charge in [0.15, 0.2) is 5.82 Å². The number of rotatable bonds is 4. The topological polar surface area (TPSA) is 44.2 Å². The van der Waals surface area contributed by atoms with Crippen LogP contribution in [0, 0.1) is 0 Å². The van der Waals surface area contributed by atoms with Crippen LogP contribution in [-0.4, -0.2) is 24.2 Å². The molecular weight excluding hydrogens is 252 g/mol. The van der Waals surface area contributed by atoms with Crippen molar-refractivity contribution in [1.29, 1.82) is 0 Å². The van der Waals surface area contributed by atoms with Crippen molar-refractivity contribution in [2.75, 3.05) is 14.2 Å². The number of nitrogens with zero attached hydrogens (tertiary/aromatic N) is 2. The predicted molar refractivity (Wildman–Crippen MR) is 69.2 cm³/mol. The van der Waals surface area contributed by atoms with Gasteiger partial charge in [0.25, 0.3) is 0 Å². The highest BCUT2D eigenvalue weighted by Crippen LogP contribution is 2.25. The van der Waals surface area contributed by atoms with Crippen molar-refractivity contribution in [3.05, 3.63) is 47.2 Å². The maximum absolute atomic E-state index is 6.12. The molecule has 5 heteroatoms. The molecule has 1 heterocycles. The maximum Gasteiger partial charge on any atom is 0.200 e. The summed E-state index contributed by atoms with van der Waals surface area (Å²) in [5.41, 5.74) is 1.44. The van der Waals surface area contributed by atoms with Crippen molar-refractivity contribution >= 4 is 11.6 Å². The zero-order chi connectivity index (χ0) is 13.0. The van der Waals surface area contributed by atoms with Gasteiger partial charge in [0.05, 0.1) is 5.02 Å². The summed E-state index contributed by atoms with van der Waals surface area (Å²) in [6.07, 6.45) is 1.15. The summed E-state index contributed by atoms with van der Waals surface area (Å²) in [5.74, 6) is 0.553. The Bertz CT molecular complexity index is 530. The highest BCUT2D eigenvalue weighted by molar-refractivity contribution is 6.33. The Kier molecular flexibility index (Phi) is 4.25. The summed E-state index contributed by atoms with van der Waals surface area (Å²) in [7, 11) is 3.12. The Labute approximate surface area is 111 Å². The number of aromatic nitrogens is 2. The molecule has 0 atom stereocenters. The number of benzene rings is 1. The van der Waals surface area contributed by atoms with Gasteiger partial charge in [0.2, 0.25) is 6.29 Å². The number of halogens is 1. The van der Waals surface area contributed by atoms with Gasteiger partial charge in [-0.15, -0.1) is 0 Å². The molecule has 0 aliphatic rings. The van der Waals surface area contributed by atoms with Crippen LogP contribution in [0.5, 0.6) is 0 Å². The zero-order valence-electron chi connectivity index (χ0n) is 10.1. The van der Waals surface area contributed by atoms with E-state index in [9.17, 15) is 0 Å². The fourth-order valence-electron chi connectivity index (χ4n) is 1.61. The van der Waals surface area contributed by atoms with Crippen LogP contribution < -0.4 is 0 Å². The molecule has 0 aliphatic carbocycles. The second kappa shape index (κ2) is 5.91. The average molecular weight is 265 g/mol. The van der Waals surface area contributed by atoms with Gasteiger partial charge in [-0.1, -0.05) is 23.7 Å². The molecule has 0 N–H and O–H groups in total. The largest absolute Gasteiger partial charge is 0.350 e. The summed E-state index contributed by atoms with van der Waals surface area (Å²) < 4.78 is 10.3. The molecular formula is C13H13ClN2O2. The molecule has 0 fully saturated rings. The van der Waals surface area contributed by atoms with E-state index in [4.69, 9.17) is 21.1 Å². The van der Waals surface area contributed by atoms with Gasteiger partial charge in [-0.3, -0.25) is 0 Å². The summed E-state index contributed by atoms with van der Waals surface area (Å²) >= 11 is 6.12. The van der Waals surface area contributed by atoms with Gasteiger partial charge >= 0.3 is 0 Å². The zero-order valence-corrected chi connectivity index (χ0v) is 10.9. The van der Waals surface area contributed by atoms with Crippen molar-refractivity contribution in [2.45, 2.75) is 6.29 Å². The lowest BCUT2D eigenvalue weighted by atomic mass is 10.2. The molecule has 0 bridgehead atoms. The average Bonchev–Trinajstić information content (AvgIpc) is 2.41. The molecule has 0 saturated heterocycles. The fraction of sp³-hybridized carbons (Fsp3) is 0.231. The molecule has 2 rings (SSSR count). The lowest BCUT2D eigenvalue weighted by Gasteiger charge is -2.13. The first-order chi connectivity index (χ1) is 8.76. The molecule has 4 nitrogen and oxygen atoms in total. The van der Waals surface area contributed by atoms with Crippen molar-refractivity contribution in [3.63, 3.8) is 0 Å². The van der Waals surface area contributed by atoms with Crippen LogP contribution in [0.3, 0.4) is 0 Å². The molecule has 1 aromatic carbocycles. The van der Waals surface area contributed by atoms with E-state index in [1.54, 1.807) is 32.5 Å². The molecule has 1 aromatic heterocycles. The van der Waals surface area contributed by atoms with Crippen LogP contribution in [0.4, 0.5) is 0 Å². The van der Waals surface area contributed by atoms with Crippen LogP contribution in [0.2, 0.25) is 5.02 Å². The summed E-state index contributed by atoms with van der Waals surface area (Å²) in [6, 6.07) is 9.18. The van der Waals surface area contributed by atoms with Crippen molar-refractivity contribution in [3.8, 4) is 11.4 Å². The number of methoxy groups -OCH3 is 2. The molecule has 2 aromatic rings. The first-order valence-corrected chi connectivity index (χ1v) is 5.77. The van der Waals surface area contributed by atoms with E-state index in [0.717, 1.165) is 5.56 Å². The van der Waals surface area contributed by atoms with Crippen LogP contribution >= 0.6 is 11.6 Å². The minimum atomic E-state index is -0.505. The van der Waals surface area contributed by atoms with E-state index in [0.29, 0.717) is 16.5 Å². The summed E-state index contributed by atoms with van der Waals surface area (Å²) in [6.45, 7) is 0. The molecule has 0 spiro atoms. The first-order valence-electron chi connectivity index (χ1n) is 5.39. The molecule has 18 heavy (non-hydrogen) atoms. The second-order valence-electron chi connectivity index (χ2n) is 3.59. The summed E-state index contributed by atoms with van der Waals surface area (Å²) in [5, 5.41) is 0.612. The number of ether oxygens (including phenoxy) is 2.